The molecule has 0 spiro atoms. The second-order valence-corrected chi connectivity index (χ2v) is 10.2. The Hall–Kier alpha value is -3.16. The molecule has 0 aliphatic rings. The molecule has 33 heavy (non-hydrogen) atoms. The van der Waals surface area contributed by atoms with E-state index in [0.29, 0.717) is 5.56 Å². The molecule has 0 saturated heterocycles. The summed E-state index contributed by atoms with van der Waals surface area (Å²) in [6.07, 6.45) is -1.53. The van der Waals surface area contributed by atoms with Crippen LogP contribution in [0.4, 0.5) is 4.79 Å². The van der Waals surface area contributed by atoms with Gasteiger partial charge in [0.25, 0.3) is 5.43 Å². The Balaban J connectivity index is 2.75. The van der Waals surface area contributed by atoms with Gasteiger partial charge in [-0.2, -0.15) is 0 Å². The molecule has 0 aromatic heterocycles. The maximum Gasteiger partial charge on any atom is 0.408 e. The molecule has 1 N–H and O–H groups in total. The highest BCUT2D eigenvalue weighted by atomic mass is 16.6. The van der Waals surface area contributed by atoms with E-state index in [9.17, 15) is 19.2 Å². The van der Waals surface area contributed by atoms with E-state index in [1.54, 1.807) is 85.7 Å². The summed E-state index contributed by atoms with van der Waals surface area (Å²) < 4.78 is 16.6. The number of alkyl carbamates (subject to hydrolysis) is 1. The van der Waals surface area contributed by atoms with Crippen molar-refractivity contribution in [3.63, 3.8) is 0 Å². The third kappa shape index (κ3) is 6.43. The van der Waals surface area contributed by atoms with Gasteiger partial charge in [-0.3, -0.25) is 9.59 Å². The lowest BCUT2D eigenvalue weighted by molar-refractivity contribution is -0.164. The third-order valence-electron chi connectivity index (χ3n) is 4.42. The van der Waals surface area contributed by atoms with Gasteiger partial charge < -0.3 is 19.5 Å². The first-order valence-corrected chi connectivity index (χ1v) is 10.8. The number of benzene rings is 1. The van der Waals surface area contributed by atoms with Crippen LogP contribution >= 0.6 is 0 Å². The van der Waals surface area contributed by atoms with Gasteiger partial charge in [0, 0.05) is 6.42 Å². The number of esters is 1. The largest absolute Gasteiger partial charge is 0.486 e. The van der Waals surface area contributed by atoms with Crippen molar-refractivity contribution in [2.45, 2.75) is 84.7 Å². The average molecular weight is 460 g/mol. The van der Waals surface area contributed by atoms with Crippen LogP contribution in [0, 0.1) is 0 Å². The lowest BCUT2D eigenvalue weighted by atomic mass is 9.80. The number of nitrogens with one attached hydrogen (secondary N) is 1. The van der Waals surface area contributed by atoms with E-state index < -0.39 is 45.8 Å². The van der Waals surface area contributed by atoms with Gasteiger partial charge in [-0.15, -0.1) is 0 Å². The zero-order valence-corrected chi connectivity index (χ0v) is 20.5. The Morgan fingerprint density at radius 1 is 0.879 bits per heavy atom. The van der Waals surface area contributed by atoms with Crippen molar-refractivity contribution in [1.29, 1.82) is 0 Å². The number of hydrogen-bond donors (Lipinski definition) is 1. The Kier molecular flexibility index (Phi) is 7.41. The van der Waals surface area contributed by atoms with Gasteiger partial charge in [0.15, 0.2) is 11.3 Å². The fraction of sp³-hybridized carbons (Fsp3) is 0.520. The van der Waals surface area contributed by atoms with E-state index in [2.05, 4.69) is 5.32 Å². The number of carbonyl (C=O) groups is 2. The van der Waals surface area contributed by atoms with E-state index in [1.807, 2.05) is 0 Å². The first-order chi connectivity index (χ1) is 15.1. The predicted molar refractivity (Wildman–Crippen MR) is 124 cm³/mol. The molecule has 1 unspecified atom stereocenters. The van der Waals surface area contributed by atoms with Gasteiger partial charge in [0.05, 0.1) is 11.7 Å². The molecule has 0 heterocycles. The van der Waals surface area contributed by atoms with Crippen LogP contribution in [0.3, 0.4) is 0 Å². The van der Waals surface area contributed by atoms with Gasteiger partial charge in [-0.1, -0.05) is 30.3 Å². The van der Waals surface area contributed by atoms with Crippen LogP contribution in [0.1, 0.15) is 66.5 Å². The van der Waals surface area contributed by atoms with Crippen molar-refractivity contribution in [3.05, 3.63) is 61.9 Å². The summed E-state index contributed by atoms with van der Waals surface area (Å²) in [5.74, 6) is -1.15. The summed E-state index contributed by atoms with van der Waals surface area (Å²) in [5.41, 5.74) is -5.24. The van der Waals surface area contributed by atoms with Crippen LogP contribution in [-0.2, 0) is 26.2 Å². The molecular formula is C25H33NO7. The van der Waals surface area contributed by atoms with E-state index in [-0.39, 0.29) is 17.7 Å². The molecule has 8 nitrogen and oxygen atoms in total. The average Bonchev–Trinajstić information content (AvgIpc) is 2.64. The molecule has 2 rings (SSSR count). The molecule has 0 aliphatic heterocycles. The second kappa shape index (κ2) is 9.37. The van der Waals surface area contributed by atoms with Crippen LogP contribution in [0.2, 0.25) is 0 Å². The van der Waals surface area contributed by atoms with E-state index >= 15 is 0 Å². The lowest BCUT2D eigenvalue weighted by Gasteiger charge is -2.37. The number of amides is 1. The molecule has 0 bridgehead atoms. The topological polar surface area (TPSA) is 108 Å². The Morgan fingerprint density at radius 3 is 1.91 bits per heavy atom. The monoisotopic (exact) mass is 459 g/mol. The fourth-order valence-corrected chi connectivity index (χ4v) is 3.27. The van der Waals surface area contributed by atoms with Crippen molar-refractivity contribution < 1.29 is 23.8 Å². The van der Waals surface area contributed by atoms with Crippen molar-refractivity contribution in [1.82, 2.24) is 5.32 Å². The zero-order chi connectivity index (χ0) is 25.2. The molecule has 0 radical (unpaired) electrons. The summed E-state index contributed by atoms with van der Waals surface area (Å²) in [5, 5.41) is 2.57. The smallest absolute Gasteiger partial charge is 0.408 e. The van der Waals surface area contributed by atoms with Crippen molar-refractivity contribution in [2.75, 3.05) is 0 Å². The SMILES string of the molecule is CC(C)Oc1c(C(Cc2ccccc2)(NC(=O)OC(C)(C)C)C(=O)OC(C)(C)C)c(=O)c1=O. The first-order valence-electron chi connectivity index (χ1n) is 10.8. The number of ether oxygens (including phenoxy) is 3. The summed E-state index contributed by atoms with van der Waals surface area (Å²) in [7, 11) is 0. The van der Waals surface area contributed by atoms with Gasteiger partial charge >= 0.3 is 12.1 Å². The summed E-state index contributed by atoms with van der Waals surface area (Å²) >= 11 is 0. The summed E-state index contributed by atoms with van der Waals surface area (Å²) in [6.45, 7) is 13.4. The Bertz CT molecular complexity index is 1070. The minimum atomic E-state index is -2.04. The quantitative estimate of drug-likeness (QED) is 0.499. The molecule has 0 saturated carbocycles. The second-order valence-electron chi connectivity index (χ2n) is 10.2. The van der Waals surface area contributed by atoms with Crippen molar-refractivity contribution in [3.8, 4) is 5.75 Å². The van der Waals surface area contributed by atoms with Crippen molar-refractivity contribution >= 4 is 12.1 Å². The standard InChI is InChI=1S/C25H33NO7/c1-15(2)31-20-17(18(27)19(20)28)25(21(29)32-23(3,4)5,14-16-12-10-9-11-13-16)26-22(30)33-24(6,7)8/h9-13,15H,14H2,1-8H3,(H,26,30). The molecule has 0 aliphatic carbocycles. The molecule has 1 atom stereocenters. The predicted octanol–water partition coefficient (Wildman–Crippen LogP) is 3.37. The highest BCUT2D eigenvalue weighted by Crippen LogP contribution is 2.34. The van der Waals surface area contributed by atoms with Crippen LogP contribution in [0.15, 0.2) is 39.9 Å². The zero-order valence-electron chi connectivity index (χ0n) is 20.5. The molecule has 2 aromatic carbocycles. The maximum atomic E-state index is 13.7. The highest BCUT2D eigenvalue weighted by molar-refractivity contribution is 5.89. The number of rotatable bonds is 7. The van der Waals surface area contributed by atoms with E-state index in [4.69, 9.17) is 14.2 Å². The molecule has 8 heteroatoms. The normalized spacial score (nSPS) is 14.0. The van der Waals surface area contributed by atoms with Crippen LogP contribution < -0.4 is 20.9 Å². The van der Waals surface area contributed by atoms with Gasteiger partial charge in [-0.05, 0) is 61.0 Å². The summed E-state index contributed by atoms with van der Waals surface area (Å²) in [4.78, 5) is 51.8. The Labute approximate surface area is 193 Å². The van der Waals surface area contributed by atoms with Crippen molar-refractivity contribution in [2.24, 2.45) is 0 Å². The molecule has 180 valence electrons. The molecule has 2 aromatic rings. The van der Waals surface area contributed by atoms with Crippen LogP contribution in [0.5, 0.6) is 5.75 Å². The van der Waals surface area contributed by atoms with Crippen LogP contribution in [-0.4, -0.2) is 29.4 Å². The van der Waals surface area contributed by atoms with Gasteiger partial charge in [-0.25, -0.2) is 9.59 Å². The minimum Gasteiger partial charge on any atom is -0.486 e. The number of carbonyl (C=O) groups excluding carboxylic acids is 2. The van der Waals surface area contributed by atoms with Gasteiger partial charge in [0.2, 0.25) is 5.43 Å². The summed E-state index contributed by atoms with van der Waals surface area (Å²) in [6, 6.07) is 8.80. The molecule has 0 fully saturated rings. The maximum absolute atomic E-state index is 13.7. The lowest BCUT2D eigenvalue weighted by Crippen LogP contribution is -2.61. The Morgan fingerprint density at radius 2 is 1.42 bits per heavy atom. The van der Waals surface area contributed by atoms with E-state index in [0.717, 1.165) is 0 Å². The third-order valence-corrected chi connectivity index (χ3v) is 4.42. The van der Waals surface area contributed by atoms with Crippen LogP contribution in [0.25, 0.3) is 0 Å². The first kappa shape index (κ1) is 26.1. The fourth-order valence-electron chi connectivity index (χ4n) is 3.27. The van der Waals surface area contributed by atoms with E-state index in [1.165, 1.54) is 0 Å². The molecular weight excluding hydrogens is 426 g/mol. The minimum absolute atomic E-state index is 0.151. The highest BCUT2D eigenvalue weighted by Gasteiger charge is 2.52. The number of hydrogen-bond acceptors (Lipinski definition) is 7. The van der Waals surface area contributed by atoms with Gasteiger partial charge in [0.1, 0.15) is 11.2 Å². The molecule has 1 amide bonds.